The first kappa shape index (κ1) is 8.19. The monoisotopic (exact) mass is 125 g/mol. The average molecular weight is 125 g/mol. The van der Waals surface area contributed by atoms with Crippen LogP contribution in [0.5, 0.6) is 0 Å². The molecule has 0 aromatic heterocycles. The fourth-order valence-corrected chi connectivity index (χ4v) is 0.431. The lowest BCUT2D eigenvalue weighted by Gasteiger charge is -2.03. The zero-order chi connectivity index (χ0) is 7.11. The van der Waals surface area contributed by atoms with Gasteiger partial charge in [-0.15, -0.1) is 6.58 Å². The van der Waals surface area contributed by atoms with Crippen LogP contribution in [0.25, 0.3) is 0 Å². The van der Waals surface area contributed by atoms with Gasteiger partial charge in [-0.05, 0) is 6.42 Å². The van der Waals surface area contributed by atoms with Crippen LogP contribution in [0, 0.1) is 11.3 Å². The molecule has 0 saturated carbocycles. The van der Waals surface area contributed by atoms with Gasteiger partial charge in [-0.1, -0.05) is 13.0 Å². The molecule has 0 spiro atoms. The van der Waals surface area contributed by atoms with E-state index in [2.05, 4.69) is 6.58 Å². The molecular weight excluding hydrogens is 114 g/mol. The van der Waals surface area contributed by atoms with Crippen molar-refractivity contribution in [3.63, 3.8) is 0 Å². The number of nitriles is 1. The molecule has 50 valence electrons. The van der Waals surface area contributed by atoms with Gasteiger partial charge in [0.25, 0.3) is 0 Å². The molecule has 0 saturated heterocycles. The molecule has 2 nitrogen and oxygen atoms in total. The molecule has 0 N–H and O–H groups in total. The van der Waals surface area contributed by atoms with Crippen molar-refractivity contribution in [3.05, 3.63) is 12.7 Å². The summed E-state index contributed by atoms with van der Waals surface area (Å²) in [5.41, 5.74) is 0. The molecule has 0 amide bonds. The summed E-state index contributed by atoms with van der Waals surface area (Å²) < 4.78 is 5.01. The van der Waals surface area contributed by atoms with Gasteiger partial charge < -0.3 is 4.74 Å². The molecule has 2 heteroatoms. The standard InChI is InChI=1S/C7H11NO/c1-3-5-9-7(4-2)6-8/h3,7H,1,4-5H2,2H3. The maximum absolute atomic E-state index is 8.34. The van der Waals surface area contributed by atoms with Crippen LogP contribution in [0.15, 0.2) is 12.7 Å². The zero-order valence-electron chi connectivity index (χ0n) is 5.63. The maximum atomic E-state index is 8.34. The summed E-state index contributed by atoms with van der Waals surface area (Å²) >= 11 is 0. The lowest BCUT2D eigenvalue weighted by atomic mass is 10.3. The minimum Gasteiger partial charge on any atom is -0.359 e. The van der Waals surface area contributed by atoms with Crippen LogP contribution >= 0.6 is 0 Å². The number of ether oxygens (including phenoxy) is 1. The second-order valence-corrected chi connectivity index (χ2v) is 1.65. The van der Waals surface area contributed by atoms with Crippen LogP contribution in [-0.4, -0.2) is 12.7 Å². The molecule has 0 heterocycles. The van der Waals surface area contributed by atoms with Gasteiger partial charge in [0.2, 0.25) is 0 Å². The fourth-order valence-electron chi connectivity index (χ4n) is 0.431. The van der Waals surface area contributed by atoms with E-state index >= 15 is 0 Å². The van der Waals surface area contributed by atoms with Crippen molar-refractivity contribution in [2.45, 2.75) is 19.4 Å². The quantitative estimate of drug-likeness (QED) is 0.533. The lowest BCUT2D eigenvalue weighted by Crippen LogP contribution is -2.07. The second kappa shape index (κ2) is 5.33. The van der Waals surface area contributed by atoms with E-state index in [4.69, 9.17) is 10.00 Å². The van der Waals surface area contributed by atoms with Gasteiger partial charge in [-0.25, -0.2) is 0 Å². The van der Waals surface area contributed by atoms with Gasteiger partial charge in [-0.2, -0.15) is 5.26 Å². The van der Waals surface area contributed by atoms with E-state index in [1.807, 2.05) is 13.0 Å². The highest BCUT2D eigenvalue weighted by atomic mass is 16.5. The molecule has 0 aliphatic rings. The molecule has 0 bridgehead atoms. The lowest BCUT2D eigenvalue weighted by molar-refractivity contribution is 0.112. The Morgan fingerprint density at radius 2 is 2.56 bits per heavy atom. The van der Waals surface area contributed by atoms with Crippen LogP contribution in [0.3, 0.4) is 0 Å². The van der Waals surface area contributed by atoms with Crippen LogP contribution in [-0.2, 0) is 4.74 Å². The number of hydrogen-bond acceptors (Lipinski definition) is 2. The van der Waals surface area contributed by atoms with Crippen molar-refractivity contribution in [3.8, 4) is 6.07 Å². The Labute approximate surface area is 55.7 Å². The fraction of sp³-hybridized carbons (Fsp3) is 0.571. The third kappa shape index (κ3) is 3.75. The van der Waals surface area contributed by atoms with E-state index in [9.17, 15) is 0 Å². The van der Waals surface area contributed by atoms with Crippen LogP contribution < -0.4 is 0 Å². The Kier molecular flexibility index (Phi) is 4.85. The summed E-state index contributed by atoms with van der Waals surface area (Å²) in [5, 5.41) is 8.34. The van der Waals surface area contributed by atoms with Crippen LogP contribution in [0.2, 0.25) is 0 Å². The highest BCUT2D eigenvalue weighted by Gasteiger charge is 1.99. The molecule has 0 fully saturated rings. The highest BCUT2D eigenvalue weighted by molar-refractivity contribution is 4.83. The molecule has 9 heavy (non-hydrogen) atoms. The molecular formula is C7H11NO. The molecule has 0 aromatic carbocycles. The smallest absolute Gasteiger partial charge is 0.144 e. The molecule has 0 aromatic rings. The van der Waals surface area contributed by atoms with Gasteiger partial charge >= 0.3 is 0 Å². The van der Waals surface area contributed by atoms with E-state index in [1.165, 1.54) is 0 Å². The summed E-state index contributed by atoms with van der Waals surface area (Å²) in [7, 11) is 0. The first-order chi connectivity index (χ1) is 4.35. The maximum Gasteiger partial charge on any atom is 0.144 e. The van der Waals surface area contributed by atoms with Gasteiger partial charge in [0.15, 0.2) is 0 Å². The Morgan fingerprint density at radius 3 is 2.89 bits per heavy atom. The SMILES string of the molecule is C=CCOC(C#N)CC. The zero-order valence-corrected chi connectivity index (χ0v) is 5.63. The number of rotatable bonds is 4. The van der Waals surface area contributed by atoms with Crippen molar-refractivity contribution in [2.24, 2.45) is 0 Å². The Bertz CT molecular complexity index is 115. The first-order valence-electron chi connectivity index (χ1n) is 2.97. The Hall–Kier alpha value is -0.810. The van der Waals surface area contributed by atoms with Crippen LogP contribution in [0.1, 0.15) is 13.3 Å². The molecule has 1 atom stereocenters. The number of nitrogens with zero attached hydrogens (tertiary/aromatic N) is 1. The van der Waals surface area contributed by atoms with E-state index in [0.717, 1.165) is 6.42 Å². The molecule has 0 aliphatic heterocycles. The summed E-state index contributed by atoms with van der Waals surface area (Å²) in [6, 6.07) is 2.02. The Balaban J connectivity index is 3.34. The minimum atomic E-state index is -0.261. The van der Waals surface area contributed by atoms with Crippen molar-refractivity contribution in [1.29, 1.82) is 5.26 Å². The topological polar surface area (TPSA) is 33.0 Å². The van der Waals surface area contributed by atoms with E-state index in [0.29, 0.717) is 6.61 Å². The Morgan fingerprint density at radius 1 is 1.89 bits per heavy atom. The number of hydrogen-bond donors (Lipinski definition) is 0. The normalized spacial score (nSPS) is 12.0. The summed E-state index contributed by atoms with van der Waals surface area (Å²) in [5.74, 6) is 0. The third-order valence-electron chi connectivity index (χ3n) is 0.930. The van der Waals surface area contributed by atoms with Crippen molar-refractivity contribution in [1.82, 2.24) is 0 Å². The molecule has 0 aliphatic carbocycles. The van der Waals surface area contributed by atoms with E-state index in [-0.39, 0.29) is 6.10 Å². The summed E-state index contributed by atoms with van der Waals surface area (Å²) in [6.45, 7) is 5.84. The first-order valence-corrected chi connectivity index (χ1v) is 2.97. The van der Waals surface area contributed by atoms with Crippen molar-refractivity contribution < 1.29 is 4.74 Å². The van der Waals surface area contributed by atoms with Gasteiger partial charge in [0, 0.05) is 0 Å². The van der Waals surface area contributed by atoms with Gasteiger partial charge in [0.1, 0.15) is 6.10 Å². The van der Waals surface area contributed by atoms with Gasteiger partial charge in [-0.3, -0.25) is 0 Å². The summed E-state index contributed by atoms with van der Waals surface area (Å²) in [6.07, 6.45) is 2.12. The minimum absolute atomic E-state index is 0.261. The summed E-state index contributed by atoms with van der Waals surface area (Å²) in [4.78, 5) is 0. The van der Waals surface area contributed by atoms with E-state index in [1.54, 1.807) is 6.08 Å². The highest BCUT2D eigenvalue weighted by Crippen LogP contribution is 1.94. The largest absolute Gasteiger partial charge is 0.359 e. The van der Waals surface area contributed by atoms with E-state index < -0.39 is 0 Å². The second-order valence-electron chi connectivity index (χ2n) is 1.65. The molecule has 0 rings (SSSR count). The van der Waals surface area contributed by atoms with Crippen molar-refractivity contribution in [2.75, 3.05) is 6.61 Å². The van der Waals surface area contributed by atoms with Gasteiger partial charge in [0.05, 0.1) is 12.7 Å². The third-order valence-corrected chi connectivity index (χ3v) is 0.930. The molecule has 0 radical (unpaired) electrons. The van der Waals surface area contributed by atoms with Crippen molar-refractivity contribution >= 4 is 0 Å². The van der Waals surface area contributed by atoms with Crippen LogP contribution in [0.4, 0.5) is 0 Å². The molecule has 1 unspecified atom stereocenters. The predicted octanol–water partition coefficient (Wildman–Crippen LogP) is 1.49. The average Bonchev–Trinajstić information content (AvgIpc) is 1.91. The predicted molar refractivity (Wildman–Crippen MR) is 35.8 cm³/mol.